The minimum atomic E-state index is -0.421. The summed E-state index contributed by atoms with van der Waals surface area (Å²) in [6.07, 6.45) is 0. The van der Waals surface area contributed by atoms with Gasteiger partial charge < -0.3 is 10.3 Å². The largest absolute Gasteiger partial charge is 0.366 e. The number of nitrogens with zero attached hydrogens (tertiary/aromatic N) is 1. The van der Waals surface area contributed by atoms with E-state index in [1.54, 1.807) is 6.07 Å². The van der Waals surface area contributed by atoms with Gasteiger partial charge in [-0.05, 0) is 47.0 Å². The average molecular weight is 375 g/mol. The smallest absolute Gasteiger partial charge is 0.249 e. The molecule has 5 rings (SSSR count). The van der Waals surface area contributed by atoms with Crippen LogP contribution in [0.5, 0.6) is 0 Å². The molecule has 0 saturated carbocycles. The summed E-state index contributed by atoms with van der Waals surface area (Å²) in [5, 5.41) is 1.79. The summed E-state index contributed by atoms with van der Waals surface area (Å²) >= 11 is 0. The maximum Gasteiger partial charge on any atom is 0.249 e. The maximum atomic E-state index is 12.1. The van der Waals surface area contributed by atoms with Gasteiger partial charge in [0.25, 0.3) is 0 Å². The van der Waals surface area contributed by atoms with Crippen LogP contribution in [0.1, 0.15) is 15.9 Å². The molecule has 0 atom stereocenters. The first-order chi connectivity index (χ1) is 14.2. The van der Waals surface area contributed by atoms with Gasteiger partial charge in [0.15, 0.2) is 0 Å². The summed E-state index contributed by atoms with van der Waals surface area (Å²) in [7, 11) is 0. The van der Waals surface area contributed by atoms with Gasteiger partial charge in [0.1, 0.15) is 0 Å². The van der Waals surface area contributed by atoms with Crippen LogP contribution in [0.25, 0.3) is 32.9 Å². The number of benzene rings is 4. The number of primary amides is 1. The molecule has 4 aromatic carbocycles. The Hall–Kier alpha value is -3.85. The zero-order chi connectivity index (χ0) is 19.8. The highest BCUT2D eigenvalue weighted by molar-refractivity contribution is 6.18. The van der Waals surface area contributed by atoms with Crippen molar-refractivity contribution in [1.82, 2.24) is 4.57 Å². The molecule has 29 heavy (non-hydrogen) atoms. The van der Waals surface area contributed by atoms with Crippen molar-refractivity contribution < 1.29 is 4.79 Å². The third-order valence-corrected chi connectivity index (χ3v) is 5.35. The summed E-state index contributed by atoms with van der Waals surface area (Å²) < 4.78 is 2.25. The SMILES string of the molecule is NC(=O)c1cccc2c1c1[c]cc(-c3ccccc3)cc1n2Cc1ccccc1. The van der Waals surface area contributed by atoms with Crippen molar-refractivity contribution in [2.75, 3.05) is 0 Å². The van der Waals surface area contributed by atoms with Crippen molar-refractivity contribution in [2.24, 2.45) is 5.73 Å². The fourth-order valence-corrected chi connectivity index (χ4v) is 3.99. The summed E-state index contributed by atoms with van der Waals surface area (Å²) in [6.45, 7) is 0.704. The van der Waals surface area contributed by atoms with Gasteiger partial charge in [0.05, 0.1) is 11.0 Å². The molecule has 3 nitrogen and oxygen atoms in total. The molecule has 0 fully saturated rings. The van der Waals surface area contributed by atoms with Crippen molar-refractivity contribution >= 4 is 27.7 Å². The molecule has 1 aromatic heterocycles. The zero-order valence-electron chi connectivity index (χ0n) is 15.8. The highest BCUT2D eigenvalue weighted by atomic mass is 16.1. The van der Waals surface area contributed by atoms with E-state index in [9.17, 15) is 4.79 Å². The van der Waals surface area contributed by atoms with Crippen LogP contribution in [0.2, 0.25) is 0 Å². The van der Waals surface area contributed by atoms with Crippen LogP contribution in [-0.4, -0.2) is 10.5 Å². The van der Waals surface area contributed by atoms with Gasteiger partial charge >= 0.3 is 0 Å². The first-order valence-electron chi connectivity index (χ1n) is 9.58. The molecule has 2 N–H and O–H groups in total. The van der Waals surface area contributed by atoms with Crippen molar-refractivity contribution in [3.63, 3.8) is 0 Å². The standard InChI is InChI=1S/C26H19N2O/c27-26(29)22-12-7-13-23-25(22)21-15-14-20(19-10-5-2-6-11-19)16-24(21)28(23)17-18-8-3-1-4-9-18/h1-14,16H,17H2,(H2,27,29). The first kappa shape index (κ1) is 17.3. The van der Waals surface area contributed by atoms with Crippen molar-refractivity contribution in [3.05, 3.63) is 108 Å². The Bertz CT molecular complexity index is 1340. The maximum absolute atomic E-state index is 12.1. The van der Waals surface area contributed by atoms with Gasteiger partial charge in [-0.25, -0.2) is 0 Å². The van der Waals surface area contributed by atoms with Crippen LogP contribution < -0.4 is 5.73 Å². The molecule has 0 aliphatic rings. The van der Waals surface area contributed by atoms with Crippen LogP contribution in [0.4, 0.5) is 0 Å². The second kappa shape index (κ2) is 6.95. The molecule has 3 heteroatoms. The molecule has 1 amide bonds. The van der Waals surface area contributed by atoms with Crippen LogP contribution in [0, 0.1) is 6.07 Å². The number of nitrogens with two attached hydrogens (primary N) is 1. The average Bonchev–Trinajstić information content (AvgIpc) is 3.08. The Morgan fingerprint density at radius 2 is 1.55 bits per heavy atom. The molecule has 0 unspecified atom stereocenters. The quantitative estimate of drug-likeness (QED) is 0.449. The lowest BCUT2D eigenvalue weighted by Crippen LogP contribution is -2.11. The lowest BCUT2D eigenvalue weighted by atomic mass is 10.0. The van der Waals surface area contributed by atoms with E-state index >= 15 is 0 Å². The first-order valence-corrected chi connectivity index (χ1v) is 9.58. The molecule has 1 radical (unpaired) electrons. The third kappa shape index (κ3) is 2.97. The summed E-state index contributed by atoms with van der Waals surface area (Å²) in [5.74, 6) is -0.421. The van der Waals surface area contributed by atoms with E-state index in [-0.39, 0.29) is 0 Å². The van der Waals surface area contributed by atoms with Crippen LogP contribution in [0.3, 0.4) is 0 Å². The Labute approximate surface area is 169 Å². The highest BCUT2D eigenvalue weighted by Gasteiger charge is 2.17. The van der Waals surface area contributed by atoms with Crippen molar-refractivity contribution in [3.8, 4) is 11.1 Å². The van der Waals surface area contributed by atoms with Crippen LogP contribution in [-0.2, 0) is 6.54 Å². The minimum Gasteiger partial charge on any atom is -0.366 e. The van der Waals surface area contributed by atoms with Gasteiger partial charge in [0.2, 0.25) is 5.91 Å². The zero-order valence-corrected chi connectivity index (χ0v) is 15.8. The number of aromatic nitrogens is 1. The monoisotopic (exact) mass is 375 g/mol. The summed E-state index contributed by atoms with van der Waals surface area (Å²) in [5.41, 5.74) is 11.7. The molecule has 0 aliphatic heterocycles. The van der Waals surface area contributed by atoms with Gasteiger partial charge in [0, 0.05) is 22.9 Å². The van der Waals surface area contributed by atoms with Gasteiger partial charge in [-0.3, -0.25) is 4.79 Å². The van der Waals surface area contributed by atoms with E-state index in [4.69, 9.17) is 5.73 Å². The normalized spacial score (nSPS) is 11.2. The molecule has 5 aromatic rings. The highest BCUT2D eigenvalue weighted by Crippen LogP contribution is 2.34. The summed E-state index contributed by atoms with van der Waals surface area (Å²) in [6, 6.07) is 33.9. The van der Waals surface area contributed by atoms with Gasteiger partial charge in [-0.2, -0.15) is 0 Å². The van der Waals surface area contributed by atoms with E-state index < -0.39 is 5.91 Å². The Balaban J connectivity index is 1.82. The van der Waals surface area contributed by atoms with E-state index in [0.29, 0.717) is 12.1 Å². The number of carbonyl (C=O) groups is 1. The molecule has 1 heterocycles. The number of carbonyl (C=O) groups excluding carboxylic acids is 1. The number of amides is 1. The second-order valence-corrected chi connectivity index (χ2v) is 7.15. The predicted molar refractivity (Wildman–Crippen MR) is 118 cm³/mol. The lowest BCUT2D eigenvalue weighted by Gasteiger charge is -2.09. The predicted octanol–water partition coefficient (Wildman–Crippen LogP) is 5.41. The number of fused-ring (bicyclic) bond motifs is 3. The molecule has 0 bridgehead atoms. The Morgan fingerprint density at radius 1 is 0.828 bits per heavy atom. The number of hydrogen-bond acceptors (Lipinski definition) is 1. The van der Waals surface area contributed by atoms with E-state index in [0.717, 1.165) is 32.9 Å². The van der Waals surface area contributed by atoms with Gasteiger partial charge in [-0.15, -0.1) is 0 Å². The summed E-state index contributed by atoms with van der Waals surface area (Å²) in [4.78, 5) is 12.1. The van der Waals surface area contributed by atoms with E-state index in [1.807, 2.05) is 54.6 Å². The van der Waals surface area contributed by atoms with E-state index in [1.165, 1.54) is 5.56 Å². The molecular weight excluding hydrogens is 356 g/mol. The Morgan fingerprint density at radius 3 is 2.28 bits per heavy atom. The topological polar surface area (TPSA) is 48.0 Å². The van der Waals surface area contributed by atoms with Crippen molar-refractivity contribution in [1.29, 1.82) is 0 Å². The molecule has 139 valence electrons. The fourth-order valence-electron chi connectivity index (χ4n) is 3.99. The molecule has 0 saturated heterocycles. The van der Waals surface area contributed by atoms with Crippen LogP contribution >= 0.6 is 0 Å². The number of rotatable bonds is 4. The van der Waals surface area contributed by atoms with E-state index in [2.05, 4.69) is 41.0 Å². The molecule has 0 aliphatic carbocycles. The lowest BCUT2D eigenvalue weighted by molar-refractivity contribution is 0.100. The van der Waals surface area contributed by atoms with Crippen molar-refractivity contribution in [2.45, 2.75) is 6.54 Å². The Kier molecular flexibility index (Phi) is 4.14. The molecule has 0 spiro atoms. The minimum absolute atomic E-state index is 0.421. The van der Waals surface area contributed by atoms with Gasteiger partial charge in [-0.1, -0.05) is 66.7 Å². The fraction of sp³-hybridized carbons (Fsp3) is 0.0385. The number of hydrogen-bond donors (Lipinski definition) is 1. The molecular formula is C26H19N2O. The van der Waals surface area contributed by atoms with Crippen LogP contribution in [0.15, 0.2) is 91.0 Å². The third-order valence-electron chi connectivity index (χ3n) is 5.35. The second-order valence-electron chi connectivity index (χ2n) is 7.15.